The molecule has 0 fully saturated rings. The largest absolute Gasteiger partial charge is 0.373 e. The van der Waals surface area contributed by atoms with Crippen molar-refractivity contribution in [1.82, 2.24) is 10.3 Å². The summed E-state index contributed by atoms with van der Waals surface area (Å²) in [6.45, 7) is 0. The van der Waals surface area contributed by atoms with Crippen molar-refractivity contribution in [3.63, 3.8) is 0 Å². The predicted molar refractivity (Wildman–Crippen MR) is 99.1 cm³/mol. The van der Waals surface area contributed by atoms with Gasteiger partial charge in [0, 0.05) is 11.3 Å². The Morgan fingerprint density at radius 3 is 2.17 bits per heavy atom. The van der Waals surface area contributed by atoms with Crippen LogP contribution in [-0.2, 0) is 0 Å². The van der Waals surface area contributed by atoms with E-state index in [-0.39, 0.29) is 6.04 Å². The highest BCUT2D eigenvalue weighted by Gasteiger charge is 2.15. The van der Waals surface area contributed by atoms with Gasteiger partial charge in [0.05, 0.1) is 17.4 Å². The molecular weight excluding hydrogens is 292 g/mol. The minimum Gasteiger partial charge on any atom is -0.373 e. The number of benzene rings is 2. The van der Waals surface area contributed by atoms with Gasteiger partial charge in [-0.25, -0.2) is 0 Å². The second-order valence-corrected chi connectivity index (χ2v) is 5.77. The lowest BCUT2D eigenvalue weighted by Crippen LogP contribution is -2.21. The number of hydrogen-bond donors (Lipinski definition) is 1. The molecular formula is C22H18N2. The molecule has 2 nitrogen and oxygen atoms in total. The molecule has 3 aromatic rings. The Labute approximate surface area is 142 Å². The standard InChI is InChI=1S/C22H18N2/c1-3-9-17(10-4-1)19-13-7-15-21(23-19)22-16-8-14-20(24-22)18-11-5-2-6-12-18/h1-16,21,23H. The molecule has 0 saturated heterocycles. The summed E-state index contributed by atoms with van der Waals surface area (Å²) in [4.78, 5) is 4.85. The second kappa shape index (κ2) is 6.55. The molecule has 0 bridgehead atoms. The Balaban J connectivity index is 1.61. The van der Waals surface area contributed by atoms with E-state index < -0.39 is 0 Å². The fourth-order valence-corrected chi connectivity index (χ4v) is 2.89. The Morgan fingerprint density at radius 1 is 0.708 bits per heavy atom. The molecule has 0 saturated carbocycles. The van der Waals surface area contributed by atoms with E-state index in [0.29, 0.717) is 0 Å². The van der Waals surface area contributed by atoms with E-state index in [9.17, 15) is 0 Å². The van der Waals surface area contributed by atoms with Gasteiger partial charge in [0.15, 0.2) is 0 Å². The lowest BCUT2D eigenvalue weighted by atomic mass is 10.0. The Morgan fingerprint density at radius 2 is 1.42 bits per heavy atom. The van der Waals surface area contributed by atoms with Gasteiger partial charge in [-0.15, -0.1) is 0 Å². The van der Waals surface area contributed by atoms with Gasteiger partial charge in [-0.3, -0.25) is 4.98 Å². The third-order valence-corrected chi connectivity index (χ3v) is 4.12. The van der Waals surface area contributed by atoms with Crippen LogP contribution in [0.2, 0.25) is 0 Å². The molecule has 0 amide bonds. The minimum atomic E-state index is 0.0777. The first kappa shape index (κ1) is 14.5. The van der Waals surface area contributed by atoms with Crippen molar-refractivity contribution in [1.29, 1.82) is 0 Å². The van der Waals surface area contributed by atoms with Crippen LogP contribution in [0.3, 0.4) is 0 Å². The molecule has 2 heterocycles. The minimum absolute atomic E-state index is 0.0777. The van der Waals surface area contributed by atoms with Crippen molar-refractivity contribution in [3.8, 4) is 11.3 Å². The quantitative estimate of drug-likeness (QED) is 0.737. The number of aromatic nitrogens is 1. The molecule has 1 unspecified atom stereocenters. The molecule has 0 spiro atoms. The Kier molecular flexibility index (Phi) is 3.95. The van der Waals surface area contributed by atoms with Crippen molar-refractivity contribution < 1.29 is 0 Å². The van der Waals surface area contributed by atoms with E-state index in [4.69, 9.17) is 4.98 Å². The SMILES string of the molecule is C1=CC(c2cccc(-c3ccccc3)n2)NC(c2ccccc2)=C1. The first-order valence-electron chi connectivity index (χ1n) is 8.13. The zero-order valence-corrected chi connectivity index (χ0v) is 13.3. The zero-order chi connectivity index (χ0) is 16.2. The monoisotopic (exact) mass is 310 g/mol. The summed E-state index contributed by atoms with van der Waals surface area (Å²) < 4.78 is 0. The summed E-state index contributed by atoms with van der Waals surface area (Å²) >= 11 is 0. The molecule has 1 aromatic heterocycles. The van der Waals surface area contributed by atoms with Crippen molar-refractivity contribution in [3.05, 3.63) is 108 Å². The van der Waals surface area contributed by atoms with E-state index in [2.05, 4.69) is 78.1 Å². The number of nitrogens with zero attached hydrogens (tertiary/aromatic N) is 1. The summed E-state index contributed by atoms with van der Waals surface area (Å²) in [6, 6.07) is 26.9. The topological polar surface area (TPSA) is 24.9 Å². The highest BCUT2D eigenvalue weighted by atomic mass is 15.0. The van der Waals surface area contributed by atoms with Gasteiger partial charge in [0.2, 0.25) is 0 Å². The van der Waals surface area contributed by atoms with Gasteiger partial charge in [0.1, 0.15) is 0 Å². The lowest BCUT2D eigenvalue weighted by molar-refractivity contribution is 0.738. The molecule has 1 aliphatic heterocycles. The molecule has 116 valence electrons. The summed E-state index contributed by atoms with van der Waals surface area (Å²) in [5.74, 6) is 0. The lowest BCUT2D eigenvalue weighted by Gasteiger charge is -2.22. The average Bonchev–Trinajstić information content (AvgIpc) is 2.70. The smallest absolute Gasteiger partial charge is 0.0873 e. The summed E-state index contributed by atoms with van der Waals surface area (Å²) in [7, 11) is 0. The predicted octanol–water partition coefficient (Wildman–Crippen LogP) is 4.99. The van der Waals surface area contributed by atoms with E-state index >= 15 is 0 Å². The van der Waals surface area contributed by atoms with Crippen LogP contribution in [0, 0.1) is 0 Å². The van der Waals surface area contributed by atoms with Crippen molar-refractivity contribution in [2.75, 3.05) is 0 Å². The van der Waals surface area contributed by atoms with Crippen LogP contribution in [0.4, 0.5) is 0 Å². The molecule has 1 aliphatic rings. The number of hydrogen-bond acceptors (Lipinski definition) is 2. The van der Waals surface area contributed by atoms with E-state index in [1.54, 1.807) is 0 Å². The van der Waals surface area contributed by atoms with Crippen LogP contribution in [-0.4, -0.2) is 4.98 Å². The van der Waals surface area contributed by atoms with Gasteiger partial charge < -0.3 is 5.32 Å². The van der Waals surface area contributed by atoms with Crippen LogP contribution < -0.4 is 5.32 Å². The van der Waals surface area contributed by atoms with E-state index in [1.807, 2.05) is 24.3 Å². The maximum Gasteiger partial charge on any atom is 0.0873 e. The molecule has 4 rings (SSSR count). The third kappa shape index (κ3) is 2.99. The van der Waals surface area contributed by atoms with Crippen molar-refractivity contribution in [2.24, 2.45) is 0 Å². The summed E-state index contributed by atoms with van der Waals surface area (Å²) in [5.41, 5.74) is 5.47. The van der Waals surface area contributed by atoms with Crippen LogP contribution in [0.5, 0.6) is 0 Å². The van der Waals surface area contributed by atoms with Gasteiger partial charge in [-0.2, -0.15) is 0 Å². The number of nitrogens with one attached hydrogen (secondary N) is 1. The number of rotatable bonds is 3. The van der Waals surface area contributed by atoms with Crippen LogP contribution in [0.15, 0.2) is 97.1 Å². The van der Waals surface area contributed by atoms with Gasteiger partial charge in [-0.1, -0.05) is 78.9 Å². The fraction of sp³-hybridized carbons (Fsp3) is 0.0455. The summed E-state index contributed by atoms with van der Waals surface area (Å²) in [5, 5.41) is 3.58. The van der Waals surface area contributed by atoms with E-state index in [1.165, 1.54) is 5.56 Å². The van der Waals surface area contributed by atoms with Crippen molar-refractivity contribution in [2.45, 2.75) is 6.04 Å². The zero-order valence-electron chi connectivity index (χ0n) is 13.3. The maximum absolute atomic E-state index is 4.85. The van der Waals surface area contributed by atoms with E-state index in [0.717, 1.165) is 22.6 Å². The molecule has 1 atom stereocenters. The Bertz CT molecular complexity index is 880. The normalized spacial score (nSPS) is 16.3. The van der Waals surface area contributed by atoms with Gasteiger partial charge in [0.25, 0.3) is 0 Å². The average molecular weight is 310 g/mol. The number of dihydropyridines is 1. The van der Waals surface area contributed by atoms with Crippen LogP contribution in [0.1, 0.15) is 17.3 Å². The summed E-state index contributed by atoms with van der Waals surface area (Å²) in [6.07, 6.45) is 6.34. The number of pyridine rings is 1. The first-order chi connectivity index (χ1) is 11.9. The molecule has 24 heavy (non-hydrogen) atoms. The Hall–Kier alpha value is -3.13. The number of allylic oxidation sites excluding steroid dienone is 2. The van der Waals surface area contributed by atoms with Crippen LogP contribution >= 0.6 is 0 Å². The molecule has 0 aliphatic carbocycles. The molecule has 0 radical (unpaired) electrons. The molecule has 2 aromatic carbocycles. The maximum atomic E-state index is 4.85. The second-order valence-electron chi connectivity index (χ2n) is 5.77. The van der Waals surface area contributed by atoms with Gasteiger partial charge >= 0.3 is 0 Å². The molecule has 1 N–H and O–H groups in total. The highest BCUT2D eigenvalue weighted by molar-refractivity contribution is 5.67. The molecule has 2 heteroatoms. The van der Waals surface area contributed by atoms with Gasteiger partial charge in [-0.05, 0) is 23.8 Å². The van der Waals surface area contributed by atoms with Crippen LogP contribution in [0.25, 0.3) is 17.0 Å². The third-order valence-electron chi connectivity index (χ3n) is 4.12. The highest BCUT2D eigenvalue weighted by Crippen LogP contribution is 2.25. The first-order valence-corrected chi connectivity index (χ1v) is 8.13. The van der Waals surface area contributed by atoms with Crippen molar-refractivity contribution >= 4 is 5.70 Å². The fourth-order valence-electron chi connectivity index (χ4n) is 2.89.